The molecule has 6 nitrogen and oxygen atoms in total. The van der Waals surface area contributed by atoms with Gasteiger partial charge in [-0.1, -0.05) is 48.5 Å². The van der Waals surface area contributed by atoms with Gasteiger partial charge < -0.3 is 20.2 Å². The van der Waals surface area contributed by atoms with Crippen LogP contribution in [0.25, 0.3) is 0 Å². The molecule has 36 heavy (non-hydrogen) atoms. The van der Waals surface area contributed by atoms with Crippen molar-refractivity contribution in [1.82, 2.24) is 0 Å². The number of methoxy groups -OCH3 is 1. The third-order valence-corrected chi connectivity index (χ3v) is 6.18. The second-order valence-corrected chi connectivity index (χ2v) is 8.39. The Balaban J connectivity index is 0.000000281. The standard InChI is InChI=1S/C20H22N2.C9H9NO3.Co/c1-3-22-18-12-8-7-11-17(18)20(2,19(22)13-14-21)15-16-9-5-4-6-10-16;1-13-9(12)7-4-2-6(3-5-7)8(10)11;/h4-14,21H,3,15H2,1-2H3;2-5H,1H3,(H2,10,11);/b19-13-,21-14?;;. The van der Waals surface area contributed by atoms with E-state index in [-0.39, 0.29) is 22.2 Å². The Morgan fingerprint density at radius 1 is 1.00 bits per heavy atom. The topological polar surface area (TPSA) is 97.5 Å². The van der Waals surface area contributed by atoms with Crippen LogP contribution in [-0.4, -0.2) is 36.8 Å². The summed E-state index contributed by atoms with van der Waals surface area (Å²) in [5.74, 6) is -0.951. The minimum Gasteiger partial charge on any atom is -0.493 e. The van der Waals surface area contributed by atoms with Crippen LogP contribution in [-0.2, 0) is 33.4 Å². The van der Waals surface area contributed by atoms with Crippen LogP contribution in [0.2, 0.25) is 0 Å². The molecule has 0 saturated carbocycles. The molecule has 0 bridgehead atoms. The van der Waals surface area contributed by atoms with Gasteiger partial charge in [-0.2, -0.15) is 0 Å². The number of allylic oxidation sites excluding steroid dienone is 2. The number of nitrogens with zero attached hydrogens (tertiary/aromatic N) is 1. The smallest absolute Gasteiger partial charge is 0.337 e. The second-order valence-electron chi connectivity index (χ2n) is 8.39. The Kier molecular flexibility index (Phi) is 10.2. The Morgan fingerprint density at radius 2 is 1.58 bits per heavy atom. The van der Waals surface area contributed by atoms with Crippen molar-refractivity contribution < 1.29 is 31.4 Å². The molecule has 0 saturated heterocycles. The summed E-state index contributed by atoms with van der Waals surface area (Å²) < 4.78 is 4.48. The molecule has 1 unspecified atom stereocenters. The zero-order chi connectivity index (χ0) is 25.4. The number of carbonyl (C=O) groups is 1. The monoisotopic (exact) mass is 528 g/mol. The molecule has 3 aromatic rings. The Morgan fingerprint density at radius 3 is 2.14 bits per heavy atom. The van der Waals surface area contributed by atoms with Crippen molar-refractivity contribution in [3.63, 3.8) is 0 Å². The van der Waals surface area contributed by atoms with Crippen molar-refractivity contribution in [3.05, 3.63) is 113 Å². The van der Waals surface area contributed by atoms with Crippen molar-refractivity contribution in [2.45, 2.75) is 25.7 Å². The van der Waals surface area contributed by atoms with Crippen LogP contribution >= 0.6 is 0 Å². The van der Waals surface area contributed by atoms with E-state index >= 15 is 0 Å². The van der Waals surface area contributed by atoms with Gasteiger partial charge in [-0.15, -0.1) is 0 Å². The first-order chi connectivity index (χ1) is 16.8. The van der Waals surface area contributed by atoms with Crippen LogP contribution in [0.5, 0.6) is 0 Å². The summed E-state index contributed by atoms with van der Waals surface area (Å²) in [6.45, 7) is 5.38. The summed E-state index contributed by atoms with van der Waals surface area (Å²) in [7, 11) is 1.30. The van der Waals surface area contributed by atoms with Crippen molar-refractivity contribution in [3.8, 4) is 0 Å². The van der Waals surface area contributed by atoms with Gasteiger partial charge in [-0.25, -0.2) is 4.79 Å². The van der Waals surface area contributed by atoms with Crippen molar-refractivity contribution in [1.29, 1.82) is 10.8 Å². The molecule has 1 aliphatic rings. The minimum atomic E-state index is -0.517. The number of para-hydroxylation sites is 1. The van der Waals surface area contributed by atoms with Gasteiger partial charge in [0.1, 0.15) is 0 Å². The van der Waals surface area contributed by atoms with Crippen molar-refractivity contribution in [2.24, 2.45) is 0 Å². The molecular formula is C29H31CoN3O3. The number of aliphatic hydroxyl groups is 1. The van der Waals surface area contributed by atoms with Crippen LogP contribution in [0.3, 0.4) is 0 Å². The van der Waals surface area contributed by atoms with Gasteiger partial charge in [0, 0.05) is 51.9 Å². The number of rotatable bonds is 6. The Hall–Kier alpha value is -3.68. The number of benzene rings is 3. The predicted octanol–water partition coefficient (Wildman–Crippen LogP) is 5.91. The summed E-state index contributed by atoms with van der Waals surface area (Å²) in [6.07, 6.45) is 4.31. The maximum Gasteiger partial charge on any atom is 0.337 e. The number of hydrogen-bond acceptors (Lipinski definition) is 5. The molecule has 1 heterocycles. The number of likely N-dealkylation sites (N-methyl/N-ethyl adjacent to an activating group) is 1. The average Bonchev–Trinajstić information content (AvgIpc) is 3.12. The van der Waals surface area contributed by atoms with E-state index in [0.717, 1.165) is 13.0 Å². The van der Waals surface area contributed by atoms with Crippen LogP contribution in [0, 0.1) is 10.8 Å². The van der Waals surface area contributed by atoms with Crippen LogP contribution in [0.15, 0.2) is 90.6 Å². The number of hydrogen-bond donors (Lipinski definition) is 3. The number of anilines is 1. The maximum absolute atomic E-state index is 11.0. The van der Waals surface area contributed by atoms with E-state index < -0.39 is 11.9 Å². The summed E-state index contributed by atoms with van der Waals surface area (Å²) in [5.41, 5.74) is 5.85. The van der Waals surface area contributed by atoms with Crippen LogP contribution in [0.4, 0.5) is 5.69 Å². The van der Waals surface area contributed by atoms with Gasteiger partial charge in [0.25, 0.3) is 0 Å². The van der Waals surface area contributed by atoms with Crippen molar-refractivity contribution in [2.75, 3.05) is 18.6 Å². The van der Waals surface area contributed by atoms with Gasteiger partial charge in [0.05, 0.1) is 12.7 Å². The van der Waals surface area contributed by atoms with E-state index in [1.165, 1.54) is 60.1 Å². The number of aliphatic hydroxyl groups excluding tert-OH is 1. The quantitative estimate of drug-likeness (QED) is 0.210. The molecule has 1 atom stereocenters. The molecule has 1 radical (unpaired) electrons. The van der Waals surface area contributed by atoms with Gasteiger partial charge in [-0.3, -0.25) is 5.41 Å². The molecule has 0 amide bonds. The molecular weight excluding hydrogens is 497 g/mol. The number of fused-ring (bicyclic) bond motifs is 1. The molecule has 0 spiro atoms. The molecule has 0 aromatic heterocycles. The largest absolute Gasteiger partial charge is 0.493 e. The maximum atomic E-state index is 11.0. The number of carbonyl (C=O) groups excluding carboxylic acids is 1. The second kappa shape index (κ2) is 12.9. The minimum absolute atomic E-state index is 0. The van der Waals surface area contributed by atoms with E-state index in [1.54, 1.807) is 0 Å². The summed E-state index contributed by atoms with van der Waals surface area (Å²) >= 11 is 0. The van der Waals surface area contributed by atoms with E-state index in [1.807, 2.05) is 6.08 Å². The summed E-state index contributed by atoms with van der Waals surface area (Å²) in [4.78, 5) is 13.3. The van der Waals surface area contributed by atoms with Gasteiger partial charge >= 0.3 is 5.97 Å². The van der Waals surface area contributed by atoms with Crippen molar-refractivity contribution >= 4 is 23.8 Å². The molecule has 189 valence electrons. The first-order valence-corrected chi connectivity index (χ1v) is 11.4. The average molecular weight is 529 g/mol. The van der Waals surface area contributed by atoms with E-state index in [2.05, 4.69) is 78.1 Å². The molecule has 4 rings (SSSR count). The van der Waals surface area contributed by atoms with Gasteiger partial charge in [-0.05, 0) is 67.8 Å². The first-order valence-electron chi connectivity index (χ1n) is 11.4. The van der Waals surface area contributed by atoms with E-state index in [4.69, 9.17) is 15.9 Å². The van der Waals surface area contributed by atoms with E-state index in [0.29, 0.717) is 11.1 Å². The van der Waals surface area contributed by atoms with Crippen LogP contribution in [0.1, 0.15) is 40.9 Å². The molecule has 0 fully saturated rings. The Labute approximate surface area is 222 Å². The van der Waals surface area contributed by atoms with Gasteiger partial charge in [0.15, 0.2) is 0 Å². The molecule has 1 aliphatic heterocycles. The first kappa shape index (κ1) is 28.6. The fraction of sp³-hybridized carbons (Fsp3) is 0.207. The molecule has 3 aromatic carbocycles. The zero-order valence-electron chi connectivity index (χ0n) is 20.6. The number of ether oxygens (including phenoxy) is 1. The molecule has 0 aliphatic carbocycles. The van der Waals surface area contributed by atoms with Crippen LogP contribution < -0.4 is 4.90 Å². The van der Waals surface area contributed by atoms with Gasteiger partial charge in [0.2, 0.25) is 5.90 Å². The fourth-order valence-electron chi connectivity index (χ4n) is 4.51. The van der Waals surface area contributed by atoms with E-state index in [9.17, 15) is 4.79 Å². The predicted molar refractivity (Wildman–Crippen MR) is 141 cm³/mol. The fourth-order valence-corrected chi connectivity index (χ4v) is 4.51. The SMILES string of the molecule is CCN1/C(=C\C=N)C(C)(Cc2ccccc2)c2ccccc21.COC(=O)c1ccc(C(=N)O)cc1.[Co]. The number of nitrogens with one attached hydrogen (secondary N) is 2. The Bertz CT molecular complexity index is 1230. The normalized spacial score (nSPS) is 16.8. The summed E-state index contributed by atoms with van der Waals surface area (Å²) in [6, 6.07) is 25.2. The number of esters is 1. The third kappa shape index (κ3) is 6.11. The third-order valence-electron chi connectivity index (χ3n) is 6.18. The molecule has 7 heteroatoms. The summed E-state index contributed by atoms with van der Waals surface area (Å²) in [5, 5.41) is 23.2. The molecule has 3 N–H and O–H groups in total. The zero-order valence-corrected chi connectivity index (χ0v) is 21.7.